The Kier molecular flexibility index (Phi) is 5.77. The third kappa shape index (κ3) is 4.42. The van der Waals surface area contributed by atoms with E-state index in [0.29, 0.717) is 0 Å². The predicted octanol–water partition coefficient (Wildman–Crippen LogP) is 4.92. The molecule has 1 aliphatic rings. The number of amides is 1. The number of carbonyl (C=O) groups is 1. The summed E-state index contributed by atoms with van der Waals surface area (Å²) >= 11 is 6.25. The summed E-state index contributed by atoms with van der Waals surface area (Å²) in [4.78, 5) is 14.9. The third-order valence-corrected chi connectivity index (χ3v) is 5.27. The first-order valence-corrected chi connectivity index (χ1v) is 9.36. The van der Waals surface area contributed by atoms with E-state index in [4.69, 9.17) is 11.6 Å². The van der Waals surface area contributed by atoms with E-state index in [9.17, 15) is 4.79 Å². The SMILES string of the molecule is CCN(CC)Cc1cccc(NC(=O)C2CC2c2ccccc2Cl)c1. The molecule has 3 nitrogen and oxygen atoms in total. The van der Waals surface area contributed by atoms with Gasteiger partial charge in [-0.1, -0.05) is 55.8 Å². The average Bonchev–Trinajstić information content (AvgIpc) is 3.41. The lowest BCUT2D eigenvalue weighted by molar-refractivity contribution is -0.117. The van der Waals surface area contributed by atoms with Crippen LogP contribution in [0.5, 0.6) is 0 Å². The molecule has 132 valence electrons. The fraction of sp³-hybridized carbons (Fsp3) is 0.381. The summed E-state index contributed by atoms with van der Waals surface area (Å²) in [5.74, 6) is 0.351. The molecule has 25 heavy (non-hydrogen) atoms. The van der Waals surface area contributed by atoms with E-state index < -0.39 is 0 Å². The van der Waals surface area contributed by atoms with Crippen LogP contribution in [0.4, 0.5) is 5.69 Å². The molecule has 1 fully saturated rings. The minimum absolute atomic E-state index is 0.0198. The Hall–Kier alpha value is -1.84. The van der Waals surface area contributed by atoms with Crippen LogP contribution < -0.4 is 5.32 Å². The van der Waals surface area contributed by atoms with Crippen molar-refractivity contribution in [2.45, 2.75) is 32.7 Å². The summed E-state index contributed by atoms with van der Waals surface area (Å²) in [5, 5.41) is 3.83. The van der Waals surface area contributed by atoms with Gasteiger partial charge in [-0.3, -0.25) is 9.69 Å². The van der Waals surface area contributed by atoms with Gasteiger partial charge in [0, 0.05) is 23.2 Å². The van der Waals surface area contributed by atoms with E-state index in [1.807, 2.05) is 36.4 Å². The lowest BCUT2D eigenvalue weighted by atomic mass is 10.1. The Morgan fingerprint density at radius 1 is 1.16 bits per heavy atom. The van der Waals surface area contributed by atoms with Crippen LogP contribution in [-0.4, -0.2) is 23.9 Å². The normalized spacial score (nSPS) is 19.0. The van der Waals surface area contributed by atoms with Crippen molar-refractivity contribution in [2.24, 2.45) is 5.92 Å². The van der Waals surface area contributed by atoms with Crippen LogP contribution in [-0.2, 0) is 11.3 Å². The van der Waals surface area contributed by atoms with Gasteiger partial charge >= 0.3 is 0 Å². The molecule has 3 rings (SSSR count). The Morgan fingerprint density at radius 3 is 2.64 bits per heavy atom. The molecule has 0 bridgehead atoms. The maximum Gasteiger partial charge on any atom is 0.228 e. The summed E-state index contributed by atoms with van der Waals surface area (Å²) in [7, 11) is 0. The number of nitrogens with zero attached hydrogens (tertiary/aromatic N) is 1. The number of anilines is 1. The molecular weight excluding hydrogens is 332 g/mol. The zero-order valence-electron chi connectivity index (χ0n) is 14.8. The second-order valence-electron chi connectivity index (χ2n) is 6.62. The van der Waals surface area contributed by atoms with Crippen LogP contribution in [0.3, 0.4) is 0 Å². The fourth-order valence-corrected chi connectivity index (χ4v) is 3.57. The highest BCUT2D eigenvalue weighted by Gasteiger charge is 2.44. The van der Waals surface area contributed by atoms with Crippen molar-refractivity contribution in [1.82, 2.24) is 4.90 Å². The summed E-state index contributed by atoms with van der Waals surface area (Å²) in [6.45, 7) is 7.28. The zero-order valence-corrected chi connectivity index (χ0v) is 15.6. The molecular formula is C21H25ClN2O. The zero-order chi connectivity index (χ0) is 17.8. The molecule has 0 spiro atoms. The maximum absolute atomic E-state index is 12.6. The molecule has 2 atom stereocenters. The minimum Gasteiger partial charge on any atom is -0.326 e. The van der Waals surface area contributed by atoms with Crippen molar-refractivity contribution in [3.05, 3.63) is 64.7 Å². The van der Waals surface area contributed by atoms with Crippen LogP contribution in [0.1, 0.15) is 37.3 Å². The predicted molar refractivity (Wildman–Crippen MR) is 104 cm³/mol. The smallest absolute Gasteiger partial charge is 0.228 e. The van der Waals surface area contributed by atoms with Crippen LogP contribution in [0.15, 0.2) is 48.5 Å². The average molecular weight is 357 g/mol. The molecule has 2 aromatic carbocycles. The summed E-state index contributed by atoms with van der Waals surface area (Å²) in [6, 6.07) is 16.0. The van der Waals surface area contributed by atoms with Gasteiger partial charge in [-0.25, -0.2) is 0 Å². The van der Waals surface area contributed by atoms with Crippen molar-refractivity contribution in [1.29, 1.82) is 0 Å². The van der Waals surface area contributed by atoms with Crippen molar-refractivity contribution in [2.75, 3.05) is 18.4 Å². The van der Waals surface area contributed by atoms with Crippen LogP contribution in [0, 0.1) is 5.92 Å². The first-order chi connectivity index (χ1) is 12.1. The Bertz CT molecular complexity index is 742. The van der Waals surface area contributed by atoms with Gasteiger partial charge in [-0.05, 0) is 54.8 Å². The van der Waals surface area contributed by atoms with Crippen LogP contribution >= 0.6 is 11.6 Å². The number of rotatable bonds is 7. The van der Waals surface area contributed by atoms with Crippen molar-refractivity contribution >= 4 is 23.2 Å². The van der Waals surface area contributed by atoms with Crippen molar-refractivity contribution in [3.8, 4) is 0 Å². The third-order valence-electron chi connectivity index (χ3n) is 4.93. The number of benzene rings is 2. The molecule has 0 aliphatic heterocycles. The molecule has 4 heteroatoms. The van der Waals surface area contributed by atoms with Crippen LogP contribution in [0.2, 0.25) is 5.02 Å². The van der Waals surface area contributed by atoms with E-state index in [1.165, 1.54) is 5.56 Å². The van der Waals surface area contributed by atoms with Gasteiger partial charge in [0.2, 0.25) is 5.91 Å². The molecule has 0 heterocycles. The lowest BCUT2D eigenvalue weighted by Gasteiger charge is -2.18. The number of hydrogen-bond donors (Lipinski definition) is 1. The van der Waals surface area contributed by atoms with Crippen LogP contribution in [0.25, 0.3) is 0 Å². The van der Waals surface area contributed by atoms with Gasteiger partial charge in [-0.15, -0.1) is 0 Å². The second-order valence-corrected chi connectivity index (χ2v) is 7.03. The van der Waals surface area contributed by atoms with Gasteiger partial charge < -0.3 is 5.32 Å². The molecule has 1 aliphatic carbocycles. The standard InChI is InChI=1S/C21H25ClN2O/c1-3-24(4-2)14-15-8-7-9-16(12-15)23-21(25)19-13-18(19)17-10-5-6-11-20(17)22/h5-12,18-19H,3-4,13-14H2,1-2H3,(H,23,25). The van der Waals surface area contributed by atoms with Gasteiger partial charge in [0.1, 0.15) is 0 Å². The molecule has 0 radical (unpaired) electrons. The molecule has 0 saturated heterocycles. The highest BCUT2D eigenvalue weighted by atomic mass is 35.5. The number of nitrogens with one attached hydrogen (secondary N) is 1. The van der Waals surface area contributed by atoms with E-state index in [1.54, 1.807) is 0 Å². The van der Waals surface area contributed by atoms with Crippen molar-refractivity contribution < 1.29 is 4.79 Å². The second kappa shape index (κ2) is 8.03. The maximum atomic E-state index is 12.6. The molecule has 1 N–H and O–H groups in total. The van der Waals surface area contributed by atoms with Gasteiger partial charge in [0.25, 0.3) is 0 Å². The van der Waals surface area contributed by atoms with E-state index in [-0.39, 0.29) is 17.7 Å². The first kappa shape index (κ1) is 18.0. The van der Waals surface area contributed by atoms with E-state index in [2.05, 4.69) is 36.2 Å². The molecule has 2 aromatic rings. The number of halogens is 1. The summed E-state index contributed by atoms with van der Waals surface area (Å²) in [5.41, 5.74) is 3.18. The Morgan fingerprint density at radius 2 is 1.92 bits per heavy atom. The Labute approximate surface area is 155 Å². The van der Waals surface area contributed by atoms with E-state index >= 15 is 0 Å². The molecule has 1 amide bonds. The molecule has 0 aromatic heterocycles. The number of hydrogen-bond acceptors (Lipinski definition) is 2. The van der Waals surface area contributed by atoms with E-state index in [0.717, 1.165) is 42.3 Å². The fourth-order valence-electron chi connectivity index (χ4n) is 3.29. The van der Waals surface area contributed by atoms with Gasteiger partial charge in [0.15, 0.2) is 0 Å². The summed E-state index contributed by atoms with van der Waals surface area (Å²) < 4.78 is 0. The topological polar surface area (TPSA) is 32.3 Å². The minimum atomic E-state index is 0.0198. The Balaban J connectivity index is 1.62. The largest absolute Gasteiger partial charge is 0.326 e. The molecule has 2 unspecified atom stereocenters. The van der Waals surface area contributed by atoms with Crippen molar-refractivity contribution in [3.63, 3.8) is 0 Å². The lowest BCUT2D eigenvalue weighted by Crippen LogP contribution is -2.22. The monoisotopic (exact) mass is 356 g/mol. The number of carbonyl (C=O) groups excluding carboxylic acids is 1. The van der Waals surface area contributed by atoms with Gasteiger partial charge in [-0.2, -0.15) is 0 Å². The highest BCUT2D eigenvalue weighted by molar-refractivity contribution is 6.31. The highest BCUT2D eigenvalue weighted by Crippen LogP contribution is 2.50. The molecule has 1 saturated carbocycles. The first-order valence-electron chi connectivity index (χ1n) is 8.99. The quantitative estimate of drug-likeness (QED) is 0.763. The van der Waals surface area contributed by atoms with Gasteiger partial charge in [0.05, 0.1) is 0 Å². The summed E-state index contributed by atoms with van der Waals surface area (Å²) in [6.07, 6.45) is 0.870.